The zero-order valence-corrected chi connectivity index (χ0v) is 14.9. The van der Waals surface area contributed by atoms with Gasteiger partial charge < -0.3 is 28.9 Å². The van der Waals surface area contributed by atoms with E-state index < -0.39 is 6.10 Å². The molecule has 1 aliphatic rings. The number of nitrogens with one attached hydrogen (secondary N) is 1. The van der Waals surface area contributed by atoms with E-state index in [4.69, 9.17) is 23.6 Å². The molecule has 0 fully saturated rings. The summed E-state index contributed by atoms with van der Waals surface area (Å²) in [7, 11) is 4.59. The van der Waals surface area contributed by atoms with Crippen molar-refractivity contribution in [1.82, 2.24) is 5.16 Å². The van der Waals surface area contributed by atoms with E-state index >= 15 is 0 Å². The van der Waals surface area contributed by atoms with Crippen molar-refractivity contribution in [1.29, 1.82) is 0 Å². The smallest absolute Gasteiger partial charge is 0.269 e. The van der Waals surface area contributed by atoms with E-state index in [-0.39, 0.29) is 5.91 Å². The minimum Gasteiger partial charge on any atom is -0.493 e. The van der Waals surface area contributed by atoms with E-state index in [1.807, 2.05) is 0 Å². The summed E-state index contributed by atoms with van der Waals surface area (Å²) < 4.78 is 20.9. The van der Waals surface area contributed by atoms with Crippen LogP contribution in [0.15, 0.2) is 27.9 Å². The molecule has 0 saturated heterocycles. The molecular weight excluding hydrogens is 342 g/mol. The monoisotopic (exact) mass is 361 g/mol. The lowest BCUT2D eigenvalue weighted by Crippen LogP contribution is -2.28. The number of anilines is 1. The molecule has 9 heteroatoms. The average Bonchev–Trinajstić information content (AvgIpc) is 3.29. The number of hydrogen-bond donors (Lipinski definition) is 1. The number of aromatic nitrogens is 1. The van der Waals surface area contributed by atoms with Crippen molar-refractivity contribution in [2.75, 3.05) is 26.6 Å². The van der Waals surface area contributed by atoms with Crippen molar-refractivity contribution in [3.63, 3.8) is 0 Å². The van der Waals surface area contributed by atoms with Gasteiger partial charge in [0.25, 0.3) is 5.91 Å². The minimum absolute atomic E-state index is 0.293. The first kappa shape index (κ1) is 17.6. The number of methoxy groups -OCH3 is 3. The van der Waals surface area contributed by atoms with Gasteiger partial charge in [0.2, 0.25) is 11.9 Å². The molecule has 1 aliphatic heterocycles. The van der Waals surface area contributed by atoms with E-state index in [1.54, 1.807) is 25.1 Å². The van der Waals surface area contributed by atoms with E-state index in [1.165, 1.54) is 21.3 Å². The molecule has 2 aromatic rings. The Bertz CT molecular complexity index is 820. The second-order valence-electron chi connectivity index (χ2n) is 5.56. The predicted octanol–water partition coefficient (Wildman–Crippen LogP) is 2.14. The number of amides is 1. The van der Waals surface area contributed by atoms with Crippen molar-refractivity contribution in [2.24, 2.45) is 5.16 Å². The zero-order valence-electron chi connectivity index (χ0n) is 14.9. The Hall–Kier alpha value is -3.23. The molecular formula is C17H19N3O6. The van der Waals surface area contributed by atoms with Crippen molar-refractivity contribution in [2.45, 2.75) is 19.4 Å². The maximum Gasteiger partial charge on any atom is 0.269 e. The van der Waals surface area contributed by atoms with Gasteiger partial charge in [0, 0.05) is 18.1 Å². The summed E-state index contributed by atoms with van der Waals surface area (Å²) in [5, 5.41) is 10.4. The third-order valence-electron chi connectivity index (χ3n) is 3.84. The Kier molecular flexibility index (Phi) is 4.97. The number of benzene rings is 1. The molecule has 1 aromatic carbocycles. The van der Waals surface area contributed by atoms with Gasteiger partial charge in [-0.25, -0.2) is 0 Å². The molecule has 0 unspecified atom stereocenters. The van der Waals surface area contributed by atoms with Gasteiger partial charge in [0.05, 0.1) is 27.0 Å². The molecule has 1 N–H and O–H groups in total. The van der Waals surface area contributed by atoms with Crippen LogP contribution in [0.25, 0.3) is 0 Å². The second kappa shape index (κ2) is 7.34. The van der Waals surface area contributed by atoms with Crippen LogP contribution in [0.4, 0.5) is 5.82 Å². The van der Waals surface area contributed by atoms with Crippen LogP contribution in [0.3, 0.4) is 0 Å². The Labute approximate surface area is 149 Å². The van der Waals surface area contributed by atoms with Crippen molar-refractivity contribution >= 4 is 17.4 Å². The van der Waals surface area contributed by atoms with Gasteiger partial charge in [-0.1, -0.05) is 10.3 Å². The average molecular weight is 361 g/mol. The standard InChI is InChI=1S/C17H19N3O6/c1-9-5-15(20-25-9)18-17(21)14-8-11(19-26-14)10-6-12(22-2)16(24-4)13(7-10)23-3/h5-7,14H,8H2,1-4H3,(H,18,20,21)/t14-/m1/s1. The Morgan fingerprint density at radius 2 is 1.85 bits per heavy atom. The van der Waals surface area contributed by atoms with E-state index in [0.717, 1.165) is 0 Å². The molecule has 0 saturated carbocycles. The first-order valence-electron chi connectivity index (χ1n) is 7.83. The minimum atomic E-state index is -0.763. The fourth-order valence-electron chi connectivity index (χ4n) is 2.57. The summed E-state index contributed by atoms with van der Waals surface area (Å²) in [6, 6.07) is 5.13. The molecule has 26 heavy (non-hydrogen) atoms. The van der Waals surface area contributed by atoms with Gasteiger partial charge >= 0.3 is 0 Å². The molecule has 1 aromatic heterocycles. The molecule has 138 valence electrons. The number of aryl methyl sites for hydroxylation is 1. The maximum atomic E-state index is 12.3. The number of oxime groups is 1. The van der Waals surface area contributed by atoms with E-state index in [2.05, 4.69) is 15.6 Å². The topological polar surface area (TPSA) is 104 Å². The molecule has 9 nitrogen and oxygen atoms in total. The van der Waals surface area contributed by atoms with Crippen LogP contribution in [0.5, 0.6) is 17.2 Å². The molecule has 0 aliphatic carbocycles. The van der Waals surface area contributed by atoms with E-state index in [9.17, 15) is 4.79 Å². The third-order valence-corrected chi connectivity index (χ3v) is 3.84. The van der Waals surface area contributed by atoms with Crippen molar-refractivity contribution in [3.8, 4) is 17.2 Å². The molecule has 0 bridgehead atoms. The summed E-state index contributed by atoms with van der Waals surface area (Å²) in [6.45, 7) is 1.74. The Balaban J connectivity index is 1.74. The van der Waals surface area contributed by atoms with Crippen LogP contribution in [0, 0.1) is 6.92 Å². The molecule has 0 radical (unpaired) electrons. The number of ether oxygens (including phenoxy) is 3. The highest BCUT2D eigenvalue weighted by molar-refractivity contribution is 6.06. The quantitative estimate of drug-likeness (QED) is 0.840. The Morgan fingerprint density at radius 3 is 2.38 bits per heavy atom. The molecule has 3 rings (SSSR count). The highest BCUT2D eigenvalue weighted by Gasteiger charge is 2.30. The van der Waals surface area contributed by atoms with Gasteiger partial charge in [-0.3, -0.25) is 4.79 Å². The fraction of sp³-hybridized carbons (Fsp3) is 0.353. The first-order valence-corrected chi connectivity index (χ1v) is 7.83. The Morgan fingerprint density at radius 1 is 1.15 bits per heavy atom. The number of rotatable bonds is 6. The molecule has 1 amide bonds. The summed E-state index contributed by atoms with van der Waals surface area (Å²) >= 11 is 0. The summed E-state index contributed by atoms with van der Waals surface area (Å²) in [5.74, 6) is 2.05. The summed E-state index contributed by atoms with van der Waals surface area (Å²) in [5.41, 5.74) is 1.31. The van der Waals surface area contributed by atoms with Crippen LogP contribution in [0.2, 0.25) is 0 Å². The van der Waals surface area contributed by atoms with Gasteiger partial charge in [-0.15, -0.1) is 0 Å². The lowest BCUT2D eigenvalue weighted by Gasteiger charge is -2.13. The third kappa shape index (κ3) is 3.41. The van der Waals surface area contributed by atoms with Gasteiger partial charge in [-0.05, 0) is 19.1 Å². The molecule has 2 heterocycles. The summed E-state index contributed by atoms with van der Waals surface area (Å²) in [4.78, 5) is 17.6. The molecule has 1 atom stereocenters. The van der Waals surface area contributed by atoms with E-state index in [0.29, 0.717) is 46.5 Å². The number of carbonyl (C=O) groups is 1. The summed E-state index contributed by atoms with van der Waals surface area (Å²) in [6.07, 6.45) is -0.470. The van der Waals surface area contributed by atoms with Crippen molar-refractivity contribution in [3.05, 3.63) is 29.5 Å². The number of nitrogens with zero attached hydrogens (tertiary/aromatic N) is 2. The predicted molar refractivity (Wildman–Crippen MR) is 92.0 cm³/mol. The second-order valence-corrected chi connectivity index (χ2v) is 5.56. The van der Waals surface area contributed by atoms with Crippen molar-refractivity contribution < 1.29 is 28.4 Å². The lowest BCUT2D eigenvalue weighted by atomic mass is 10.0. The van der Waals surface area contributed by atoms with Crippen LogP contribution < -0.4 is 19.5 Å². The number of carbonyl (C=O) groups excluding carboxylic acids is 1. The molecule has 0 spiro atoms. The van der Waals surface area contributed by atoms with Crippen LogP contribution in [-0.4, -0.2) is 44.2 Å². The highest BCUT2D eigenvalue weighted by Crippen LogP contribution is 2.39. The van der Waals surface area contributed by atoms with Crippen LogP contribution in [-0.2, 0) is 9.63 Å². The van der Waals surface area contributed by atoms with Gasteiger partial charge in [0.1, 0.15) is 5.76 Å². The highest BCUT2D eigenvalue weighted by atomic mass is 16.6. The zero-order chi connectivity index (χ0) is 18.7. The fourth-order valence-corrected chi connectivity index (χ4v) is 2.57. The normalized spacial score (nSPS) is 15.8. The van der Waals surface area contributed by atoms with Gasteiger partial charge in [-0.2, -0.15) is 0 Å². The largest absolute Gasteiger partial charge is 0.493 e. The number of hydrogen-bond acceptors (Lipinski definition) is 8. The lowest BCUT2D eigenvalue weighted by molar-refractivity contribution is -0.125. The maximum absolute atomic E-state index is 12.3. The SMILES string of the molecule is COc1cc(C2=NO[C@@H](C(=O)Nc3cc(C)on3)C2)cc(OC)c1OC. The first-order chi connectivity index (χ1) is 12.5. The van der Waals surface area contributed by atoms with Crippen LogP contribution >= 0.6 is 0 Å². The van der Waals surface area contributed by atoms with Crippen LogP contribution in [0.1, 0.15) is 17.7 Å². The van der Waals surface area contributed by atoms with Gasteiger partial charge in [0.15, 0.2) is 17.3 Å².